The SMILES string of the molecule is CC(=O)Nc1cccc(NC(=O)c2cccc(C(=O)NCc3ccco3)n2)c1. The topological polar surface area (TPSA) is 113 Å². The van der Waals surface area contributed by atoms with Crippen LogP contribution in [0.5, 0.6) is 0 Å². The average molecular weight is 378 g/mol. The molecule has 28 heavy (non-hydrogen) atoms. The highest BCUT2D eigenvalue weighted by Gasteiger charge is 2.13. The van der Waals surface area contributed by atoms with Crippen LogP contribution in [0.4, 0.5) is 11.4 Å². The standard InChI is InChI=1S/C20H18N4O4/c1-13(25)22-14-5-2-6-15(11-14)23-20(27)18-9-3-8-17(24-18)19(26)21-12-16-7-4-10-28-16/h2-11H,12H2,1H3,(H,21,26)(H,22,25)(H,23,27). The van der Waals surface area contributed by atoms with Crippen molar-refractivity contribution in [2.24, 2.45) is 0 Å². The number of benzene rings is 1. The van der Waals surface area contributed by atoms with Crippen molar-refractivity contribution in [3.05, 3.63) is 78.0 Å². The molecular formula is C20H18N4O4. The molecule has 0 aliphatic rings. The van der Waals surface area contributed by atoms with E-state index in [1.807, 2.05) is 0 Å². The largest absolute Gasteiger partial charge is 0.467 e. The molecule has 2 aromatic heterocycles. The number of hydrogen-bond acceptors (Lipinski definition) is 5. The lowest BCUT2D eigenvalue weighted by Gasteiger charge is -2.08. The second kappa shape index (κ2) is 8.63. The summed E-state index contributed by atoms with van der Waals surface area (Å²) in [5.41, 5.74) is 1.26. The molecule has 0 atom stereocenters. The maximum atomic E-state index is 12.5. The van der Waals surface area contributed by atoms with Crippen molar-refractivity contribution < 1.29 is 18.8 Å². The summed E-state index contributed by atoms with van der Waals surface area (Å²) in [6.45, 7) is 1.62. The quantitative estimate of drug-likeness (QED) is 0.610. The van der Waals surface area contributed by atoms with E-state index in [1.54, 1.807) is 42.5 Å². The molecule has 3 N–H and O–H groups in total. The van der Waals surface area contributed by atoms with Gasteiger partial charge >= 0.3 is 0 Å². The van der Waals surface area contributed by atoms with E-state index in [9.17, 15) is 14.4 Å². The summed E-state index contributed by atoms with van der Waals surface area (Å²) in [4.78, 5) is 40.0. The molecule has 3 aromatic rings. The molecule has 3 rings (SSSR count). The Bertz CT molecular complexity index is 999. The van der Waals surface area contributed by atoms with Gasteiger partial charge < -0.3 is 20.4 Å². The monoisotopic (exact) mass is 378 g/mol. The number of rotatable bonds is 6. The van der Waals surface area contributed by atoms with E-state index in [4.69, 9.17) is 4.42 Å². The van der Waals surface area contributed by atoms with E-state index < -0.39 is 11.8 Å². The summed E-state index contributed by atoms with van der Waals surface area (Å²) >= 11 is 0. The van der Waals surface area contributed by atoms with Crippen molar-refractivity contribution in [3.8, 4) is 0 Å². The zero-order valence-corrected chi connectivity index (χ0v) is 15.1. The molecule has 0 unspecified atom stereocenters. The van der Waals surface area contributed by atoms with E-state index in [2.05, 4.69) is 20.9 Å². The first kappa shape index (κ1) is 18.8. The number of carbonyl (C=O) groups is 3. The number of nitrogens with one attached hydrogen (secondary N) is 3. The summed E-state index contributed by atoms with van der Waals surface area (Å²) < 4.78 is 5.16. The van der Waals surface area contributed by atoms with Gasteiger partial charge in [-0.2, -0.15) is 0 Å². The third-order valence-electron chi connectivity index (χ3n) is 3.66. The lowest BCUT2D eigenvalue weighted by atomic mass is 10.2. The summed E-state index contributed by atoms with van der Waals surface area (Å²) in [5.74, 6) is -0.487. The Morgan fingerprint density at radius 3 is 2.25 bits per heavy atom. The number of amides is 3. The Labute approximate surface area is 161 Å². The molecule has 0 saturated carbocycles. The van der Waals surface area contributed by atoms with Crippen LogP contribution in [-0.4, -0.2) is 22.7 Å². The Kier molecular flexibility index (Phi) is 5.81. The van der Waals surface area contributed by atoms with Gasteiger partial charge in [0.1, 0.15) is 17.1 Å². The van der Waals surface area contributed by atoms with E-state index in [0.29, 0.717) is 17.1 Å². The van der Waals surface area contributed by atoms with Gasteiger partial charge in [0, 0.05) is 18.3 Å². The molecule has 0 bridgehead atoms. The molecule has 1 aromatic carbocycles. The summed E-state index contributed by atoms with van der Waals surface area (Å²) in [6.07, 6.45) is 1.52. The van der Waals surface area contributed by atoms with Gasteiger partial charge in [-0.3, -0.25) is 14.4 Å². The fourth-order valence-corrected chi connectivity index (χ4v) is 2.43. The van der Waals surface area contributed by atoms with Crippen molar-refractivity contribution in [1.82, 2.24) is 10.3 Å². The number of nitrogens with zero attached hydrogens (tertiary/aromatic N) is 1. The molecular weight excluding hydrogens is 360 g/mol. The molecule has 3 amide bonds. The number of pyridine rings is 1. The smallest absolute Gasteiger partial charge is 0.274 e. The minimum Gasteiger partial charge on any atom is -0.467 e. The van der Waals surface area contributed by atoms with E-state index in [0.717, 1.165) is 0 Å². The van der Waals surface area contributed by atoms with Crippen LogP contribution in [-0.2, 0) is 11.3 Å². The molecule has 8 nitrogen and oxygen atoms in total. The van der Waals surface area contributed by atoms with Crippen LogP contribution in [0.2, 0.25) is 0 Å². The van der Waals surface area contributed by atoms with Gasteiger partial charge in [-0.15, -0.1) is 0 Å². The molecule has 2 heterocycles. The third kappa shape index (κ3) is 5.04. The maximum Gasteiger partial charge on any atom is 0.274 e. The van der Waals surface area contributed by atoms with E-state index in [-0.39, 0.29) is 23.8 Å². The Morgan fingerprint density at radius 1 is 0.893 bits per heavy atom. The molecule has 0 fully saturated rings. The predicted molar refractivity (Wildman–Crippen MR) is 103 cm³/mol. The maximum absolute atomic E-state index is 12.5. The van der Waals surface area contributed by atoms with Gasteiger partial charge in [0.15, 0.2) is 0 Å². The third-order valence-corrected chi connectivity index (χ3v) is 3.66. The highest BCUT2D eigenvalue weighted by Crippen LogP contribution is 2.16. The van der Waals surface area contributed by atoms with Crippen LogP contribution < -0.4 is 16.0 Å². The lowest BCUT2D eigenvalue weighted by Crippen LogP contribution is -2.24. The molecule has 0 saturated heterocycles. The van der Waals surface area contributed by atoms with Crippen molar-refractivity contribution in [3.63, 3.8) is 0 Å². The van der Waals surface area contributed by atoms with Crippen LogP contribution in [0.3, 0.4) is 0 Å². The van der Waals surface area contributed by atoms with E-state index >= 15 is 0 Å². The summed E-state index contributed by atoms with van der Waals surface area (Å²) in [5, 5.41) is 8.01. The highest BCUT2D eigenvalue weighted by atomic mass is 16.3. The summed E-state index contributed by atoms with van der Waals surface area (Å²) in [7, 11) is 0. The fraction of sp³-hybridized carbons (Fsp3) is 0.100. The van der Waals surface area contributed by atoms with Gasteiger partial charge in [-0.05, 0) is 42.5 Å². The van der Waals surface area contributed by atoms with E-state index in [1.165, 1.54) is 25.3 Å². The molecule has 142 valence electrons. The van der Waals surface area contributed by atoms with Gasteiger partial charge in [-0.25, -0.2) is 4.98 Å². The van der Waals surface area contributed by atoms with Gasteiger partial charge in [0.2, 0.25) is 5.91 Å². The van der Waals surface area contributed by atoms with Crippen molar-refractivity contribution >= 4 is 29.1 Å². The predicted octanol–water partition coefficient (Wildman–Crippen LogP) is 2.82. The highest BCUT2D eigenvalue weighted by molar-refractivity contribution is 6.04. The van der Waals surface area contributed by atoms with Crippen molar-refractivity contribution in [2.45, 2.75) is 13.5 Å². The Hall–Kier alpha value is -3.94. The van der Waals surface area contributed by atoms with Crippen molar-refractivity contribution in [2.75, 3.05) is 10.6 Å². The zero-order valence-electron chi connectivity index (χ0n) is 15.1. The first-order valence-corrected chi connectivity index (χ1v) is 8.48. The lowest BCUT2D eigenvalue weighted by molar-refractivity contribution is -0.114. The number of anilines is 2. The minimum absolute atomic E-state index is 0.0931. The number of carbonyl (C=O) groups excluding carboxylic acids is 3. The number of hydrogen-bond donors (Lipinski definition) is 3. The van der Waals surface area contributed by atoms with Crippen LogP contribution >= 0.6 is 0 Å². The first-order valence-electron chi connectivity index (χ1n) is 8.48. The van der Waals surface area contributed by atoms with Gasteiger partial charge in [0.05, 0.1) is 12.8 Å². The molecule has 8 heteroatoms. The molecule has 0 aliphatic heterocycles. The van der Waals surface area contributed by atoms with Crippen LogP contribution in [0.1, 0.15) is 33.7 Å². The van der Waals surface area contributed by atoms with Crippen molar-refractivity contribution in [1.29, 1.82) is 0 Å². The Balaban J connectivity index is 1.66. The summed E-state index contributed by atoms with van der Waals surface area (Å²) in [6, 6.07) is 14.8. The number of furan rings is 1. The van der Waals surface area contributed by atoms with Gasteiger partial charge in [0.25, 0.3) is 11.8 Å². The molecule has 0 spiro atoms. The average Bonchev–Trinajstić information content (AvgIpc) is 3.19. The van der Waals surface area contributed by atoms with Crippen LogP contribution in [0.15, 0.2) is 65.3 Å². The Morgan fingerprint density at radius 2 is 1.57 bits per heavy atom. The zero-order chi connectivity index (χ0) is 19.9. The van der Waals surface area contributed by atoms with Crippen LogP contribution in [0.25, 0.3) is 0 Å². The molecule has 0 aliphatic carbocycles. The van der Waals surface area contributed by atoms with Crippen LogP contribution in [0, 0.1) is 0 Å². The second-order valence-electron chi connectivity index (χ2n) is 5.89. The second-order valence-corrected chi connectivity index (χ2v) is 5.89. The fourth-order valence-electron chi connectivity index (χ4n) is 2.43. The van der Waals surface area contributed by atoms with Gasteiger partial charge in [-0.1, -0.05) is 12.1 Å². The number of aromatic nitrogens is 1. The minimum atomic E-state index is -0.472. The first-order chi connectivity index (χ1) is 13.5. The normalized spacial score (nSPS) is 10.2. The molecule has 0 radical (unpaired) electrons.